The predicted molar refractivity (Wildman–Crippen MR) is 115 cm³/mol. The number of rotatable bonds is 6. The van der Waals surface area contributed by atoms with Gasteiger partial charge in [0, 0.05) is 18.0 Å². The quantitative estimate of drug-likeness (QED) is 0.719. The number of carbonyl (C=O) groups excluding carboxylic acids is 2. The van der Waals surface area contributed by atoms with Crippen molar-refractivity contribution in [3.63, 3.8) is 0 Å². The highest BCUT2D eigenvalue weighted by molar-refractivity contribution is 5.95. The first-order valence-corrected chi connectivity index (χ1v) is 11.0. The van der Waals surface area contributed by atoms with Gasteiger partial charge >= 0.3 is 6.09 Å². The number of benzene rings is 1. The Kier molecular flexibility index (Phi) is 5.46. The van der Waals surface area contributed by atoms with Gasteiger partial charge in [-0.1, -0.05) is 30.3 Å². The van der Waals surface area contributed by atoms with Crippen LogP contribution < -0.4 is 15.8 Å². The monoisotopic (exact) mass is 437 g/mol. The highest BCUT2D eigenvalue weighted by Crippen LogP contribution is 2.56. The molecule has 0 saturated heterocycles. The van der Waals surface area contributed by atoms with Gasteiger partial charge in [0.1, 0.15) is 18.3 Å². The molecule has 2 heterocycles. The average Bonchev–Trinajstić information content (AvgIpc) is 2.74. The van der Waals surface area contributed by atoms with Crippen molar-refractivity contribution in [2.45, 2.75) is 57.5 Å². The smallest absolute Gasteiger partial charge is 0.407 e. The molecule has 2 amide bonds. The number of ether oxygens (including phenoxy) is 3. The zero-order valence-electron chi connectivity index (χ0n) is 17.8. The molecule has 2 aliphatic carbocycles. The van der Waals surface area contributed by atoms with Crippen molar-refractivity contribution in [3.8, 4) is 5.88 Å². The van der Waals surface area contributed by atoms with E-state index in [9.17, 15) is 9.59 Å². The normalized spacial score (nSPS) is 25.8. The molecule has 1 aliphatic heterocycles. The third kappa shape index (κ3) is 4.27. The molecule has 1 spiro atoms. The maximum atomic E-state index is 12.0. The van der Waals surface area contributed by atoms with Gasteiger partial charge in [-0.25, -0.2) is 9.78 Å². The van der Waals surface area contributed by atoms with E-state index in [2.05, 4.69) is 10.3 Å². The summed E-state index contributed by atoms with van der Waals surface area (Å²) in [5.74, 6) is -0.215. The minimum absolute atomic E-state index is 0.00414. The van der Waals surface area contributed by atoms with Gasteiger partial charge in [0.2, 0.25) is 5.88 Å². The second-order valence-electron chi connectivity index (χ2n) is 9.07. The molecule has 8 heteroatoms. The highest BCUT2D eigenvalue weighted by atomic mass is 16.5. The van der Waals surface area contributed by atoms with E-state index in [1.807, 2.05) is 30.3 Å². The number of fused-ring (bicyclic) bond motifs is 1. The van der Waals surface area contributed by atoms with E-state index in [1.54, 1.807) is 6.07 Å². The summed E-state index contributed by atoms with van der Waals surface area (Å²) in [4.78, 5) is 28.5. The summed E-state index contributed by atoms with van der Waals surface area (Å²) in [6, 6.07) is 11.5. The zero-order chi connectivity index (χ0) is 22.1. The Morgan fingerprint density at radius 1 is 1.19 bits per heavy atom. The van der Waals surface area contributed by atoms with Crippen molar-refractivity contribution in [1.29, 1.82) is 0 Å². The molecule has 2 aromatic rings. The van der Waals surface area contributed by atoms with Gasteiger partial charge in [0.15, 0.2) is 0 Å². The average molecular weight is 437 g/mol. The molecule has 3 N–H and O–H groups in total. The van der Waals surface area contributed by atoms with Crippen LogP contribution >= 0.6 is 0 Å². The van der Waals surface area contributed by atoms with Gasteiger partial charge in [-0.2, -0.15) is 0 Å². The van der Waals surface area contributed by atoms with Crippen LogP contribution in [0.25, 0.3) is 0 Å². The number of nitrogens with one attached hydrogen (secondary N) is 1. The van der Waals surface area contributed by atoms with E-state index < -0.39 is 5.91 Å². The third-order valence-corrected chi connectivity index (χ3v) is 6.66. The molecule has 5 rings (SSSR count). The molecule has 2 fully saturated rings. The summed E-state index contributed by atoms with van der Waals surface area (Å²) in [6.07, 6.45) is 3.90. The van der Waals surface area contributed by atoms with Crippen molar-refractivity contribution in [3.05, 3.63) is 58.8 Å². The van der Waals surface area contributed by atoms with Gasteiger partial charge in [-0.15, -0.1) is 0 Å². The number of hydrogen-bond donors (Lipinski definition) is 2. The molecule has 0 radical (unpaired) electrons. The van der Waals surface area contributed by atoms with Crippen LogP contribution in [0.2, 0.25) is 0 Å². The number of primary amides is 1. The van der Waals surface area contributed by atoms with Crippen molar-refractivity contribution in [2.24, 2.45) is 11.1 Å². The zero-order valence-corrected chi connectivity index (χ0v) is 17.8. The summed E-state index contributed by atoms with van der Waals surface area (Å²) < 4.78 is 16.8. The van der Waals surface area contributed by atoms with E-state index >= 15 is 0 Å². The first kappa shape index (κ1) is 20.8. The van der Waals surface area contributed by atoms with Crippen LogP contribution in [-0.4, -0.2) is 35.7 Å². The van der Waals surface area contributed by atoms with Crippen LogP contribution in [0.3, 0.4) is 0 Å². The van der Waals surface area contributed by atoms with Crippen molar-refractivity contribution >= 4 is 12.0 Å². The highest BCUT2D eigenvalue weighted by Gasteiger charge is 2.54. The van der Waals surface area contributed by atoms with Gasteiger partial charge in [0.05, 0.1) is 18.9 Å². The molecule has 3 aliphatic rings. The number of nitrogens with two attached hydrogens (primary N) is 1. The Morgan fingerprint density at radius 2 is 1.97 bits per heavy atom. The van der Waals surface area contributed by atoms with E-state index in [1.165, 1.54) is 0 Å². The number of carbonyl (C=O) groups is 2. The Labute approximate surface area is 186 Å². The number of pyridine rings is 1. The van der Waals surface area contributed by atoms with Gasteiger partial charge < -0.3 is 25.3 Å². The fourth-order valence-electron chi connectivity index (χ4n) is 5.03. The van der Waals surface area contributed by atoms with Crippen LogP contribution in [0.5, 0.6) is 5.88 Å². The molecule has 0 bridgehead atoms. The Bertz CT molecular complexity index is 1010. The van der Waals surface area contributed by atoms with Crippen molar-refractivity contribution < 1.29 is 23.8 Å². The molecule has 0 unspecified atom stereocenters. The van der Waals surface area contributed by atoms with E-state index in [0.29, 0.717) is 31.1 Å². The van der Waals surface area contributed by atoms with Crippen LogP contribution in [0.4, 0.5) is 4.79 Å². The lowest BCUT2D eigenvalue weighted by Gasteiger charge is -2.56. The molecular formula is C24H27N3O5. The molecule has 1 aromatic carbocycles. The Hall–Kier alpha value is -3.13. The standard InChI is InChI=1S/C24H27N3O5/c25-21(28)19-8-16-14-30-7-6-20(16)27-22(19)32-18-11-24(12-18)9-17(10-24)26-23(29)31-13-15-4-2-1-3-5-15/h1-5,8,17-18H,6-7,9-14H2,(H2,25,28)(H,26,29). The fourth-order valence-corrected chi connectivity index (χ4v) is 5.03. The largest absolute Gasteiger partial charge is 0.474 e. The maximum absolute atomic E-state index is 12.0. The summed E-state index contributed by atoms with van der Waals surface area (Å²) >= 11 is 0. The van der Waals surface area contributed by atoms with Crippen LogP contribution in [0, 0.1) is 5.41 Å². The van der Waals surface area contributed by atoms with Crippen LogP contribution in [-0.2, 0) is 29.1 Å². The first-order chi connectivity index (χ1) is 15.5. The SMILES string of the molecule is NC(=O)c1cc2c(nc1OC1CC3(CC(NC(=O)OCc4ccccc4)C3)C1)CCOC2. The lowest BCUT2D eigenvalue weighted by molar-refractivity contribution is -0.0858. The topological polar surface area (TPSA) is 113 Å². The number of aromatic nitrogens is 1. The Balaban J connectivity index is 1.09. The molecule has 0 atom stereocenters. The third-order valence-electron chi connectivity index (χ3n) is 6.66. The van der Waals surface area contributed by atoms with Crippen molar-refractivity contribution in [1.82, 2.24) is 10.3 Å². The Morgan fingerprint density at radius 3 is 2.72 bits per heavy atom. The number of amides is 2. The lowest BCUT2D eigenvalue weighted by atomic mass is 9.53. The summed E-state index contributed by atoms with van der Waals surface area (Å²) in [5, 5.41) is 2.95. The van der Waals surface area contributed by atoms with Crippen molar-refractivity contribution in [2.75, 3.05) is 6.61 Å². The van der Waals surface area contributed by atoms with Gasteiger partial charge in [-0.05, 0) is 42.7 Å². The second-order valence-corrected chi connectivity index (χ2v) is 9.07. The predicted octanol–water partition coefficient (Wildman–Crippen LogP) is 2.87. The summed E-state index contributed by atoms with van der Waals surface area (Å²) in [6.45, 7) is 1.32. The minimum Gasteiger partial charge on any atom is -0.474 e. The lowest BCUT2D eigenvalue weighted by Crippen LogP contribution is -2.58. The van der Waals surface area contributed by atoms with Crippen LogP contribution in [0.15, 0.2) is 36.4 Å². The van der Waals surface area contributed by atoms with E-state index in [4.69, 9.17) is 19.9 Å². The van der Waals surface area contributed by atoms with Crippen LogP contribution in [0.1, 0.15) is 52.9 Å². The summed E-state index contributed by atoms with van der Waals surface area (Å²) in [7, 11) is 0. The number of alkyl carbamates (subject to hydrolysis) is 1. The van der Waals surface area contributed by atoms with E-state index in [-0.39, 0.29) is 30.3 Å². The molecular weight excluding hydrogens is 410 g/mol. The van der Waals surface area contributed by atoms with Gasteiger partial charge in [-0.3, -0.25) is 4.79 Å². The molecule has 1 aromatic heterocycles. The van der Waals surface area contributed by atoms with E-state index in [0.717, 1.165) is 42.5 Å². The number of hydrogen-bond acceptors (Lipinski definition) is 6. The minimum atomic E-state index is -0.545. The fraction of sp³-hybridized carbons (Fsp3) is 0.458. The molecule has 168 valence electrons. The molecule has 2 saturated carbocycles. The molecule has 32 heavy (non-hydrogen) atoms. The molecule has 8 nitrogen and oxygen atoms in total. The van der Waals surface area contributed by atoms with Gasteiger partial charge in [0.25, 0.3) is 5.91 Å². The maximum Gasteiger partial charge on any atom is 0.407 e. The summed E-state index contributed by atoms with van der Waals surface area (Å²) in [5.41, 5.74) is 8.82. The number of nitrogens with zero attached hydrogens (tertiary/aromatic N) is 1. The first-order valence-electron chi connectivity index (χ1n) is 11.0. The second kappa shape index (κ2) is 8.43.